The Morgan fingerprint density at radius 3 is 1.77 bits per heavy atom. The Balaban J connectivity index is 1.76. The number of anilines is 2. The second kappa shape index (κ2) is 8.74. The zero-order chi connectivity index (χ0) is 22.2. The summed E-state index contributed by atoms with van der Waals surface area (Å²) in [5.74, 6) is 0. The molecule has 3 heterocycles. The molecule has 0 saturated heterocycles. The van der Waals surface area contributed by atoms with Gasteiger partial charge in [0.05, 0.1) is 20.0 Å². The maximum Gasteiger partial charge on any atom is 0.271 e. The molecule has 4 aromatic rings. The predicted octanol–water partition coefficient (Wildman–Crippen LogP) is 6.45. The smallest absolute Gasteiger partial charge is 0.271 e. The topological polar surface area (TPSA) is 92.3 Å². The zero-order valence-electron chi connectivity index (χ0n) is 15.2. The molecule has 3 aromatic heterocycles. The van der Waals surface area contributed by atoms with E-state index in [0.29, 0.717) is 8.67 Å². The number of hydrogen-bond acceptors (Lipinski definition) is 7. The molecule has 2 N–H and O–H groups in total. The van der Waals surface area contributed by atoms with Gasteiger partial charge in [0.15, 0.2) is 0 Å². The Kier molecular flexibility index (Phi) is 6.37. The molecule has 0 atom stereocenters. The van der Waals surface area contributed by atoms with Crippen molar-refractivity contribution in [3.63, 3.8) is 0 Å². The highest BCUT2D eigenvalue weighted by molar-refractivity contribution is 7.95. The molecule has 162 valence electrons. The molecule has 0 aliphatic carbocycles. The molecule has 0 radical (unpaired) electrons. The van der Waals surface area contributed by atoms with E-state index in [1.807, 2.05) is 17.5 Å². The number of sulfonamides is 2. The molecule has 0 saturated carbocycles. The minimum Gasteiger partial charge on any atom is -0.277 e. The van der Waals surface area contributed by atoms with Gasteiger partial charge in [-0.15, -0.1) is 34.0 Å². The Morgan fingerprint density at radius 1 is 0.710 bits per heavy atom. The quantitative estimate of drug-likeness (QED) is 0.276. The van der Waals surface area contributed by atoms with Gasteiger partial charge in [-0.3, -0.25) is 9.44 Å². The van der Waals surface area contributed by atoms with Gasteiger partial charge < -0.3 is 0 Å². The molecule has 0 amide bonds. The van der Waals surface area contributed by atoms with Gasteiger partial charge in [0.25, 0.3) is 20.0 Å². The maximum absolute atomic E-state index is 12.9. The third-order valence-electron chi connectivity index (χ3n) is 3.94. The monoisotopic (exact) mass is 550 g/mol. The molecular formula is C18H12Cl2N2O4S5. The van der Waals surface area contributed by atoms with Crippen molar-refractivity contribution in [3.8, 4) is 10.4 Å². The van der Waals surface area contributed by atoms with Crippen LogP contribution >= 0.6 is 57.2 Å². The van der Waals surface area contributed by atoms with Gasteiger partial charge in [-0.25, -0.2) is 16.8 Å². The lowest BCUT2D eigenvalue weighted by Crippen LogP contribution is -2.16. The number of nitrogens with one attached hydrogen (secondary N) is 2. The van der Waals surface area contributed by atoms with Crippen molar-refractivity contribution in [2.24, 2.45) is 0 Å². The van der Waals surface area contributed by atoms with Crippen LogP contribution in [0.5, 0.6) is 0 Å². The fourth-order valence-corrected chi connectivity index (χ4v) is 8.43. The molecular weight excluding hydrogens is 539 g/mol. The van der Waals surface area contributed by atoms with Gasteiger partial charge in [0.2, 0.25) is 0 Å². The van der Waals surface area contributed by atoms with Crippen molar-refractivity contribution in [2.75, 3.05) is 9.44 Å². The largest absolute Gasteiger partial charge is 0.277 e. The van der Waals surface area contributed by atoms with Gasteiger partial charge in [0.1, 0.15) is 8.42 Å². The third-order valence-corrected chi connectivity index (χ3v) is 11.0. The van der Waals surface area contributed by atoms with Gasteiger partial charge in [-0.2, -0.15) is 0 Å². The van der Waals surface area contributed by atoms with Gasteiger partial charge >= 0.3 is 0 Å². The Labute approximate surface area is 201 Å². The summed E-state index contributed by atoms with van der Waals surface area (Å²) >= 11 is 15.0. The molecule has 31 heavy (non-hydrogen) atoms. The van der Waals surface area contributed by atoms with Crippen LogP contribution in [0.4, 0.5) is 11.4 Å². The number of halogens is 2. The Bertz CT molecular complexity index is 1440. The SMILES string of the molecule is O=S(=O)(Nc1ccc(-c2cccs2)cc1NS(=O)(=O)c1ccc(Cl)s1)c1ccc(Cl)s1. The summed E-state index contributed by atoms with van der Waals surface area (Å²) in [6.07, 6.45) is 0. The predicted molar refractivity (Wildman–Crippen MR) is 130 cm³/mol. The Hall–Kier alpha value is -1.60. The average molecular weight is 552 g/mol. The van der Waals surface area contributed by atoms with E-state index < -0.39 is 20.0 Å². The molecule has 6 nitrogen and oxygen atoms in total. The lowest BCUT2D eigenvalue weighted by molar-refractivity contribution is 0.601. The van der Waals surface area contributed by atoms with Crippen LogP contribution in [-0.4, -0.2) is 16.8 Å². The van der Waals surface area contributed by atoms with Crippen molar-refractivity contribution in [1.82, 2.24) is 0 Å². The van der Waals surface area contributed by atoms with Gasteiger partial charge in [0, 0.05) is 4.88 Å². The van der Waals surface area contributed by atoms with Crippen molar-refractivity contribution < 1.29 is 16.8 Å². The van der Waals surface area contributed by atoms with E-state index in [2.05, 4.69) is 9.44 Å². The highest BCUT2D eigenvalue weighted by atomic mass is 35.5. The first-order valence-electron chi connectivity index (χ1n) is 8.38. The van der Waals surface area contributed by atoms with Crippen LogP contribution < -0.4 is 9.44 Å². The minimum absolute atomic E-state index is 0.0119. The summed E-state index contributed by atoms with van der Waals surface area (Å²) in [7, 11) is -7.95. The fraction of sp³-hybridized carbons (Fsp3) is 0. The van der Waals surface area contributed by atoms with Crippen molar-refractivity contribution >= 4 is 88.6 Å². The molecule has 0 bridgehead atoms. The van der Waals surface area contributed by atoms with E-state index in [1.165, 1.54) is 41.7 Å². The first-order valence-corrected chi connectivity index (χ1v) is 14.6. The van der Waals surface area contributed by atoms with E-state index in [1.54, 1.807) is 12.1 Å². The van der Waals surface area contributed by atoms with Crippen molar-refractivity contribution in [1.29, 1.82) is 0 Å². The number of rotatable bonds is 7. The van der Waals surface area contributed by atoms with Gasteiger partial charge in [-0.05, 0) is 53.4 Å². The molecule has 0 unspecified atom stereocenters. The third kappa shape index (κ3) is 5.08. The van der Waals surface area contributed by atoms with Crippen LogP contribution in [-0.2, 0) is 20.0 Å². The summed E-state index contributed by atoms with van der Waals surface area (Å²) in [6, 6.07) is 14.3. The summed E-state index contributed by atoms with van der Waals surface area (Å²) in [6.45, 7) is 0. The molecule has 0 spiro atoms. The van der Waals surface area contributed by atoms with Crippen LogP contribution in [0.25, 0.3) is 10.4 Å². The summed E-state index contributed by atoms with van der Waals surface area (Å²) in [5.41, 5.74) is 0.900. The first kappa shape index (κ1) is 22.6. The van der Waals surface area contributed by atoms with Crippen LogP contribution in [0, 0.1) is 0 Å². The van der Waals surface area contributed by atoms with E-state index >= 15 is 0 Å². The normalized spacial score (nSPS) is 12.1. The molecule has 4 rings (SSSR count). The Morgan fingerprint density at radius 2 is 1.29 bits per heavy atom. The molecule has 0 fully saturated rings. The van der Waals surface area contributed by atoms with Crippen LogP contribution in [0.2, 0.25) is 8.67 Å². The second-order valence-electron chi connectivity index (χ2n) is 6.07. The number of hydrogen-bond donors (Lipinski definition) is 2. The van der Waals surface area contributed by atoms with E-state index in [0.717, 1.165) is 33.1 Å². The molecule has 13 heteroatoms. The minimum atomic E-state index is -3.98. The highest BCUT2D eigenvalue weighted by Crippen LogP contribution is 2.36. The summed E-state index contributed by atoms with van der Waals surface area (Å²) in [5, 5.41) is 1.89. The average Bonchev–Trinajstić information content (AvgIpc) is 3.44. The van der Waals surface area contributed by atoms with Crippen LogP contribution in [0.1, 0.15) is 0 Å². The van der Waals surface area contributed by atoms with Crippen molar-refractivity contribution in [2.45, 2.75) is 8.42 Å². The maximum atomic E-state index is 12.9. The van der Waals surface area contributed by atoms with E-state index in [4.69, 9.17) is 23.2 Å². The molecule has 1 aromatic carbocycles. The summed E-state index contributed by atoms with van der Waals surface area (Å²) < 4.78 is 56.8. The molecule has 0 aliphatic heterocycles. The first-order chi connectivity index (χ1) is 14.6. The summed E-state index contributed by atoms with van der Waals surface area (Å²) in [4.78, 5) is 0.902. The van der Waals surface area contributed by atoms with E-state index in [-0.39, 0.29) is 19.8 Å². The molecule has 0 aliphatic rings. The number of thiophene rings is 3. The highest BCUT2D eigenvalue weighted by Gasteiger charge is 2.23. The lowest BCUT2D eigenvalue weighted by Gasteiger charge is -2.15. The second-order valence-corrected chi connectivity index (χ2v) is 14.3. The lowest BCUT2D eigenvalue weighted by atomic mass is 10.1. The van der Waals surface area contributed by atoms with Crippen LogP contribution in [0.15, 0.2) is 68.4 Å². The standard InChI is InChI=1S/C18H12Cl2N2O4S5/c19-15-5-7-17(28-15)30(23,24)21-12-4-3-11(14-2-1-9-27-14)10-13(12)22-31(25,26)18-8-6-16(20)29-18/h1-10,21-22H. The van der Waals surface area contributed by atoms with Crippen LogP contribution in [0.3, 0.4) is 0 Å². The van der Waals surface area contributed by atoms with E-state index in [9.17, 15) is 16.8 Å². The van der Waals surface area contributed by atoms with Crippen molar-refractivity contribution in [3.05, 3.63) is 68.7 Å². The number of benzene rings is 1. The fourth-order valence-electron chi connectivity index (χ4n) is 2.59. The zero-order valence-corrected chi connectivity index (χ0v) is 20.8. The van der Waals surface area contributed by atoms with Gasteiger partial charge in [-0.1, -0.05) is 35.3 Å².